The molecule has 0 saturated carbocycles. The third-order valence-corrected chi connectivity index (χ3v) is 3.70. The van der Waals surface area contributed by atoms with Gasteiger partial charge in [0.05, 0.1) is 5.69 Å². The fourth-order valence-corrected chi connectivity index (χ4v) is 2.54. The second-order valence-corrected chi connectivity index (χ2v) is 5.68. The van der Waals surface area contributed by atoms with Crippen molar-refractivity contribution in [3.8, 4) is 0 Å². The molecule has 110 valence electrons. The molecule has 0 amide bonds. The second-order valence-electron chi connectivity index (χ2n) is 4.76. The SMILES string of the molecule is Nc1nc(Nc2ccc(Br)cc2F)nc(N2CCCC2)n1. The van der Waals surface area contributed by atoms with Crippen molar-refractivity contribution in [1.82, 2.24) is 15.0 Å². The topological polar surface area (TPSA) is 80.0 Å². The second kappa shape index (κ2) is 5.80. The molecule has 3 N–H and O–H groups in total. The van der Waals surface area contributed by atoms with E-state index in [1.54, 1.807) is 12.1 Å². The quantitative estimate of drug-likeness (QED) is 0.883. The Morgan fingerprint density at radius 1 is 1.19 bits per heavy atom. The maximum atomic E-state index is 13.8. The Kier molecular flexibility index (Phi) is 3.87. The molecule has 1 aromatic heterocycles. The zero-order valence-electron chi connectivity index (χ0n) is 11.2. The molecule has 0 atom stereocenters. The summed E-state index contributed by atoms with van der Waals surface area (Å²) < 4.78 is 14.5. The summed E-state index contributed by atoms with van der Waals surface area (Å²) in [7, 11) is 0. The summed E-state index contributed by atoms with van der Waals surface area (Å²) in [6.07, 6.45) is 2.21. The van der Waals surface area contributed by atoms with Crippen LogP contribution in [0, 0.1) is 5.82 Å². The van der Waals surface area contributed by atoms with Crippen molar-refractivity contribution in [1.29, 1.82) is 0 Å². The van der Waals surface area contributed by atoms with E-state index in [0.29, 0.717) is 10.4 Å². The Bertz CT molecular complexity index is 659. The largest absolute Gasteiger partial charge is 0.368 e. The summed E-state index contributed by atoms with van der Waals surface area (Å²) in [5.74, 6) is 0.489. The molecule has 8 heteroatoms. The standard InChI is InChI=1S/C13H14BrFN6/c14-8-3-4-10(9(15)7-8)17-12-18-11(16)19-13(20-12)21-5-1-2-6-21/h3-4,7H,1-2,5-6H2,(H3,16,17,18,19,20). The lowest BCUT2D eigenvalue weighted by atomic mass is 10.3. The zero-order valence-corrected chi connectivity index (χ0v) is 12.8. The van der Waals surface area contributed by atoms with Crippen LogP contribution in [-0.2, 0) is 0 Å². The number of anilines is 4. The highest BCUT2D eigenvalue weighted by molar-refractivity contribution is 9.10. The molecule has 3 rings (SSSR count). The molecule has 2 heterocycles. The molecule has 21 heavy (non-hydrogen) atoms. The van der Waals surface area contributed by atoms with E-state index in [4.69, 9.17) is 5.73 Å². The summed E-state index contributed by atoms with van der Waals surface area (Å²) in [5, 5.41) is 2.84. The third-order valence-electron chi connectivity index (χ3n) is 3.21. The number of nitrogen functional groups attached to an aromatic ring is 1. The van der Waals surface area contributed by atoms with Gasteiger partial charge in [-0.15, -0.1) is 0 Å². The lowest BCUT2D eigenvalue weighted by Crippen LogP contribution is -2.22. The number of halogens is 2. The zero-order chi connectivity index (χ0) is 14.8. The summed E-state index contributed by atoms with van der Waals surface area (Å²) >= 11 is 3.21. The Labute approximate surface area is 129 Å². The predicted octanol–water partition coefficient (Wildman–Crippen LogP) is 2.70. The number of rotatable bonds is 3. The van der Waals surface area contributed by atoms with Crippen molar-refractivity contribution >= 4 is 39.5 Å². The van der Waals surface area contributed by atoms with Gasteiger partial charge in [-0.05, 0) is 31.0 Å². The minimum Gasteiger partial charge on any atom is -0.368 e. The molecule has 1 saturated heterocycles. The van der Waals surface area contributed by atoms with Crippen LogP contribution in [0.25, 0.3) is 0 Å². The number of hydrogen-bond donors (Lipinski definition) is 2. The molecule has 0 aliphatic carbocycles. The van der Waals surface area contributed by atoms with Gasteiger partial charge >= 0.3 is 0 Å². The van der Waals surface area contributed by atoms with Gasteiger partial charge in [-0.2, -0.15) is 15.0 Å². The number of nitrogens with two attached hydrogens (primary N) is 1. The van der Waals surface area contributed by atoms with E-state index in [1.165, 1.54) is 6.07 Å². The molecule has 0 bridgehead atoms. The van der Waals surface area contributed by atoms with Gasteiger partial charge in [-0.1, -0.05) is 15.9 Å². The number of nitrogens with one attached hydrogen (secondary N) is 1. The molecule has 1 aliphatic rings. The van der Waals surface area contributed by atoms with Crippen molar-refractivity contribution in [2.75, 3.05) is 29.0 Å². The van der Waals surface area contributed by atoms with Gasteiger partial charge in [-0.25, -0.2) is 4.39 Å². The highest BCUT2D eigenvalue weighted by atomic mass is 79.9. The van der Waals surface area contributed by atoms with E-state index in [1.807, 2.05) is 4.90 Å². The van der Waals surface area contributed by atoms with Gasteiger partial charge in [0.15, 0.2) is 0 Å². The van der Waals surface area contributed by atoms with Gasteiger partial charge in [0.25, 0.3) is 0 Å². The molecule has 0 radical (unpaired) electrons. The Morgan fingerprint density at radius 2 is 1.95 bits per heavy atom. The van der Waals surface area contributed by atoms with Crippen molar-refractivity contribution in [2.45, 2.75) is 12.8 Å². The summed E-state index contributed by atoms with van der Waals surface area (Å²) in [6.45, 7) is 1.80. The fraction of sp³-hybridized carbons (Fsp3) is 0.308. The van der Waals surface area contributed by atoms with Crippen LogP contribution in [0.3, 0.4) is 0 Å². The highest BCUT2D eigenvalue weighted by Crippen LogP contribution is 2.23. The molecule has 1 aromatic carbocycles. The number of benzene rings is 1. The van der Waals surface area contributed by atoms with Crippen LogP contribution in [0.15, 0.2) is 22.7 Å². The summed E-state index contributed by atoms with van der Waals surface area (Å²) in [4.78, 5) is 14.5. The lowest BCUT2D eigenvalue weighted by Gasteiger charge is -2.16. The third kappa shape index (κ3) is 3.21. The highest BCUT2D eigenvalue weighted by Gasteiger charge is 2.17. The van der Waals surface area contributed by atoms with E-state index in [0.717, 1.165) is 25.9 Å². The van der Waals surface area contributed by atoms with E-state index in [-0.39, 0.29) is 17.6 Å². The first-order valence-electron chi connectivity index (χ1n) is 6.60. The molecule has 2 aromatic rings. The van der Waals surface area contributed by atoms with Crippen molar-refractivity contribution < 1.29 is 4.39 Å². The van der Waals surface area contributed by atoms with Gasteiger partial charge in [0.2, 0.25) is 17.8 Å². The summed E-state index contributed by atoms with van der Waals surface area (Å²) in [6, 6.07) is 4.71. The Balaban J connectivity index is 1.87. The Hall–Kier alpha value is -1.96. The van der Waals surface area contributed by atoms with Crippen LogP contribution >= 0.6 is 15.9 Å². The van der Waals surface area contributed by atoms with Gasteiger partial charge in [-0.3, -0.25) is 0 Å². The fourth-order valence-electron chi connectivity index (χ4n) is 2.21. The van der Waals surface area contributed by atoms with Crippen molar-refractivity contribution in [3.05, 3.63) is 28.5 Å². The first-order chi connectivity index (χ1) is 10.1. The van der Waals surface area contributed by atoms with Crippen LogP contribution in [0.2, 0.25) is 0 Å². The van der Waals surface area contributed by atoms with E-state index < -0.39 is 5.82 Å². The maximum absolute atomic E-state index is 13.8. The number of hydrogen-bond acceptors (Lipinski definition) is 6. The van der Waals surface area contributed by atoms with Crippen LogP contribution in [0.5, 0.6) is 0 Å². The molecular formula is C13H14BrFN6. The number of aromatic nitrogens is 3. The van der Waals surface area contributed by atoms with Crippen LogP contribution in [0.1, 0.15) is 12.8 Å². The predicted molar refractivity (Wildman–Crippen MR) is 83.1 cm³/mol. The average Bonchev–Trinajstić information content (AvgIpc) is 2.95. The monoisotopic (exact) mass is 352 g/mol. The minimum absolute atomic E-state index is 0.118. The molecule has 0 spiro atoms. The Morgan fingerprint density at radius 3 is 2.67 bits per heavy atom. The van der Waals surface area contributed by atoms with E-state index in [2.05, 4.69) is 36.2 Å². The molecule has 1 aliphatic heterocycles. The first kappa shape index (κ1) is 14.0. The molecular weight excluding hydrogens is 339 g/mol. The molecule has 1 fully saturated rings. The van der Waals surface area contributed by atoms with Crippen LogP contribution in [-0.4, -0.2) is 28.0 Å². The van der Waals surface area contributed by atoms with Gasteiger partial charge in [0.1, 0.15) is 5.82 Å². The maximum Gasteiger partial charge on any atom is 0.233 e. The van der Waals surface area contributed by atoms with Crippen molar-refractivity contribution in [3.63, 3.8) is 0 Å². The first-order valence-corrected chi connectivity index (χ1v) is 7.40. The van der Waals surface area contributed by atoms with Gasteiger partial charge < -0.3 is 16.0 Å². The number of nitrogens with zero attached hydrogens (tertiary/aromatic N) is 4. The molecule has 6 nitrogen and oxygen atoms in total. The molecule has 0 unspecified atom stereocenters. The van der Waals surface area contributed by atoms with E-state index in [9.17, 15) is 4.39 Å². The van der Waals surface area contributed by atoms with Crippen molar-refractivity contribution in [2.24, 2.45) is 0 Å². The van der Waals surface area contributed by atoms with Crippen LogP contribution < -0.4 is 16.0 Å². The minimum atomic E-state index is -0.397. The average molecular weight is 353 g/mol. The lowest BCUT2D eigenvalue weighted by molar-refractivity contribution is 0.630. The summed E-state index contributed by atoms with van der Waals surface area (Å²) in [5.41, 5.74) is 6.00. The van der Waals surface area contributed by atoms with Crippen LogP contribution in [0.4, 0.5) is 27.9 Å². The van der Waals surface area contributed by atoms with Gasteiger partial charge in [0, 0.05) is 17.6 Å². The van der Waals surface area contributed by atoms with E-state index >= 15 is 0 Å². The smallest absolute Gasteiger partial charge is 0.233 e. The normalized spacial score (nSPS) is 14.5.